The van der Waals surface area contributed by atoms with Gasteiger partial charge in [-0.2, -0.15) is 11.8 Å². The first-order chi connectivity index (χ1) is 10.6. The highest BCUT2D eigenvalue weighted by atomic mass is 32.2. The minimum absolute atomic E-state index is 0.290. The van der Waals surface area contributed by atoms with Crippen molar-refractivity contribution in [1.29, 1.82) is 0 Å². The molecular weight excluding hydrogens is 296 g/mol. The van der Waals surface area contributed by atoms with E-state index in [0.717, 1.165) is 38.7 Å². The summed E-state index contributed by atoms with van der Waals surface area (Å²) in [5.41, 5.74) is 0. The average molecular weight is 327 g/mol. The van der Waals surface area contributed by atoms with E-state index in [1.807, 2.05) is 7.05 Å². The fraction of sp³-hybridized carbons (Fsp3) is 0.938. The van der Waals surface area contributed by atoms with Crippen molar-refractivity contribution >= 4 is 17.7 Å². The van der Waals surface area contributed by atoms with E-state index in [4.69, 9.17) is 4.74 Å². The van der Waals surface area contributed by atoms with E-state index in [-0.39, 0.29) is 0 Å². The Labute approximate surface area is 138 Å². The van der Waals surface area contributed by atoms with Crippen LogP contribution in [0.5, 0.6) is 0 Å². The minimum Gasteiger partial charge on any atom is -0.373 e. The largest absolute Gasteiger partial charge is 0.373 e. The Kier molecular flexibility index (Phi) is 5.20. The Hall–Kier alpha value is -0.460. The van der Waals surface area contributed by atoms with E-state index in [0.29, 0.717) is 16.9 Å². The van der Waals surface area contributed by atoms with Crippen molar-refractivity contribution in [2.75, 3.05) is 52.1 Å². The maximum absolute atomic E-state index is 6.03. The Morgan fingerprint density at radius 3 is 3.05 bits per heavy atom. The topological polar surface area (TPSA) is 40.1 Å². The summed E-state index contributed by atoms with van der Waals surface area (Å²) in [5.74, 6) is 2.20. The van der Waals surface area contributed by atoms with Gasteiger partial charge < -0.3 is 15.0 Å². The lowest BCUT2D eigenvalue weighted by Gasteiger charge is -2.40. The van der Waals surface area contributed by atoms with Crippen LogP contribution in [0.4, 0.5) is 0 Å². The smallest absolute Gasteiger partial charge is 0.193 e. The first-order valence-electron chi connectivity index (χ1n) is 8.52. The third-order valence-corrected chi connectivity index (χ3v) is 6.18. The predicted octanol–water partition coefficient (Wildman–Crippen LogP) is 1.25. The lowest BCUT2D eigenvalue weighted by atomic mass is 10.2. The van der Waals surface area contributed by atoms with Crippen LogP contribution in [0.3, 0.4) is 0 Å². The zero-order valence-corrected chi connectivity index (χ0v) is 15.0. The molecule has 1 N–H and O–H groups in total. The van der Waals surface area contributed by atoms with Gasteiger partial charge in [-0.15, -0.1) is 0 Å². The molecule has 2 unspecified atom stereocenters. The number of thioether (sulfide) groups is 1. The summed E-state index contributed by atoms with van der Waals surface area (Å²) in [4.78, 5) is 9.46. The number of morpholine rings is 1. The van der Waals surface area contributed by atoms with Crippen molar-refractivity contribution in [3.05, 3.63) is 0 Å². The molecule has 0 saturated carbocycles. The molecule has 3 saturated heterocycles. The zero-order valence-electron chi connectivity index (χ0n) is 14.2. The molecule has 0 spiro atoms. The van der Waals surface area contributed by atoms with Gasteiger partial charge in [0.25, 0.3) is 0 Å². The summed E-state index contributed by atoms with van der Waals surface area (Å²) < 4.78 is 6.34. The highest BCUT2D eigenvalue weighted by Crippen LogP contribution is 2.29. The minimum atomic E-state index is 0.290. The fourth-order valence-electron chi connectivity index (χ4n) is 3.74. The van der Waals surface area contributed by atoms with Gasteiger partial charge in [0.2, 0.25) is 0 Å². The van der Waals surface area contributed by atoms with Gasteiger partial charge in [-0.3, -0.25) is 9.89 Å². The normalized spacial score (nSPS) is 32.9. The van der Waals surface area contributed by atoms with Gasteiger partial charge in [0.1, 0.15) is 0 Å². The Balaban J connectivity index is 1.49. The van der Waals surface area contributed by atoms with Gasteiger partial charge in [0, 0.05) is 49.8 Å². The summed E-state index contributed by atoms with van der Waals surface area (Å²) in [6, 6.07) is 0.676. The predicted molar refractivity (Wildman–Crippen MR) is 93.8 cm³/mol. The SMILES string of the molecule is CN=C(NCC1CN2CCCC2CO1)N1CCSC(C)(C)C1. The van der Waals surface area contributed by atoms with Gasteiger partial charge in [0.15, 0.2) is 5.96 Å². The van der Waals surface area contributed by atoms with Gasteiger partial charge in [0.05, 0.1) is 12.7 Å². The van der Waals surface area contributed by atoms with E-state index in [2.05, 4.69) is 45.7 Å². The molecule has 0 aromatic rings. The number of hydrogen-bond acceptors (Lipinski definition) is 4. The van der Waals surface area contributed by atoms with Crippen molar-refractivity contribution in [1.82, 2.24) is 15.1 Å². The molecule has 2 atom stereocenters. The molecule has 3 rings (SSSR count). The summed E-state index contributed by atoms with van der Waals surface area (Å²) in [7, 11) is 1.88. The number of guanidine groups is 1. The summed E-state index contributed by atoms with van der Waals surface area (Å²) in [5, 5.41) is 3.54. The maximum atomic E-state index is 6.03. The number of ether oxygens (including phenoxy) is 1. The van der Waals surface area contributed by atoms with Crippen molar-refractivity contribution in [2.24, 2.45) is 4.99 Å². The van der Waals surface area contributed by atoms with Crippen LogP contribution in [0, 0.1) is 0 Å². The number of aliphatic imine (C=N–C) groups is 1. The molecule has 0 aromatic heterocycles. The third-order valence-electron chi connectivity index (χ3n) is 4.89. The standard InChI is InChI=1S/C16H30N4OS/c1-16(2)12-20(7-8-22-16)15(17-3)18-9-14-10-19-6-4-5-13(19)11-21-14/h13-14H,4-12H2,1-3H3,(H,17,18). The second kappa shape index (κ2) is 6.97. The molecule has 6 heteroatoms. The lowest BCUT2D eigenvalue weighted by molar-refractivity contribution is -0.0454. The van der Waals surface area contributed by atoms with E-state index < -0.39 is 0 Å². The van der Waals surface area contributed by atoms with Crippen LogP contribution < -0.4 is 5.32 Å². The van der Waals surface area contributed by atoms with Gasteiger partial charge in [-0.25, -0.2) is 0 Å². The lowest BCUT2D eigenvalue weighted by Crippen LogP contribution is -2.54. The molecular formula is C16H30N4OS. The molecule has 3 aliphatic rings. The summed E-state index contributed by atoms with van der Waals surface area (Å²) >= 11 is 2.05. The quantitative estimate of drug-likeness (QED) is 0.611. The molecule has 22 heavy (non-hydrogen) atoms. The van der Waals surface area contributed by atoms with Crippen LogP contribution in [0.1, 0.15) is 26.7 Å². The molecule has 3 heterocycles. The Bertz CT molecular complexity index is 415. The van der Waals surface area contributed by atoms with Crippen molar-refractivity contribution in [3.8, 4) is 0 Å². The van der Waals surface area contributed by atoms with E-state index in [1.165, 1.54) is 25.1 Å². The fourth-order valence-corrected chi connectivity index (χ4v) is 4.86. The average Bonchev–Trinajstić information content (AvgIpc) is 2.94. The van der Waals surface area contributed by atoms with Crippen LogP contribution in [0.25, 0.3) is 0 Å². The third kappa shape index (κ3) is 3.89. The number of fused-ring (bicyclic) bond motifs is 1. The molecule has 0 aromatic carbocycles. The first kappa shape index (κ1) is 16.4. The second-order valence-electron chi connectivity index (χ2n) is 7.20. The first-order valence-corrected chi connectivity index (χ1v) is 9.51. The van der Waals surface area contributed by atoms with Crippen molar-refractivity contribution in [3.63, 3.8) is 0 Å². The summed E-state index contributed by atoms with van der Waals surface area (Å²) in [6.07, 6.45) is 2.93. The Morgan fingerprint density at radius 2 is 2.27 bits per heavy atom. The van der Waals surface area contributed by atoms with Gasteiger partial charge >= 0.3 is 0 Å². The van der Waals surface area contributed by atoms with Crippen LogP contribution in [0.15, 0.2) is 4.99 Å². The molecule has 3 fully saturated rings. The molecule has 0 radical (unpaired) electrons. The molecule has 0 amide bonds. The number of nitrogens with one attached hydrogen (secondary N) is 1. The van der Waals surface area contributed by atoms with Gasteiger partial charge in [-0.05, 0) is 33.2 Å². The highest BCUT2D eigenvalue weighted by Gasteiger charge is 2.33. The van der Waals surface area contributed by atoms with Crippen LogP contribution in [0.2, 0.25) is 0 Å². The van der Waals surface area contributed by atoms with Crippen LogP contribution in [-0.2, 0) is 4.74 Å². The number of nitrogens with zero attached hydrogens (tertiary/aromatic N) is 3. The highest BCUT2D eigenvalue weighted by molar-refractivity contribution is 8.00. The van der Waals surface area contributed by atoms with Crippen LogP contribution >= 0.6 is 11.8 Å². The van der Waals surface area contributed by atoms with Gasteiger partial charge in [-0.1, -0.05) is 0 Å². The van der Waals surface area contributed by atoms with E-state index >= 15 is 0 Å². The second-order valence-corrected chi connectivity index (χ2v) is 9.01. The molecule has 0 bridgehead atoms. The van der Waals surface area contributed by atoms with Crippen molar-refractivity contribution in [2.45, 2.75) is 43.6 Å². The molecule has 126 valence electrons. The maximum Gasteiger partial charge on any atom is 0.193 e. The van der Waals surface area contributed by atoms with E-state index in [1.54, 1.807) is 0 Å². The van der Waals surface area contributed by atoms with Crippen LogP contribution in [-0.4, -0.2) is 84.8 Å². The monoisotopic (exact) mass is 326 g/mol. The Morgan fingerprint density at radius 1 is 1.41 bits per heavy atom. The zero-order chi connectivity index (χ0) is 15.6. The summed E-state index contributed by atoms with van der Waals surface area (Å²) in [6.45, 7) is 10.8. The molecule has 3 aliphatic heterocycles. The molecule has 0 aliphatic carbocycles. The van der Waals surface area contributed by atoms with E-state index in [9.17, 15) is 0 Å². The van der Waals surface area contributed by atoms with Crippen molar-refractivity contribution < 1.29 is 4.74 Å². The number of rotatable bonds is 2. The molecule has 5 nitrogen and oxygen atoms in total. The number of hydrogen-bond donors (Lipinski definition) is 1.